The lowest BCUT2D eigenvalue weighted by Gasteiger charge is -2.12. The normalized spacial score (nSPS) is 12.5. The molecule has 7 nitrogen and oxygen atoms in total. The van der Waals surface area contributed by atoms with Crippen molar-refractivity contribution in [1.82, 2.24) is 0 Å². The lowest BCUT2D eigenvalue weighted by molar-refractivity contribution is 0.102. The molecule has 4 rings (SSSR count). The standard InChI is InChI=1S/C21H17ClN2O5S/c1-13-10-17(7-8-18(13)23-21(25)14-2-4-15(22)5-3-14)30(26,27)24-16-6-9-19-20(11-16)29-12-28-19/h2-11,24H,12H2,1H3,(H,23,25). The van der Waals surface area contributed by atoms with E-state index in [2.05, 4.69) is 10.0 Å². The van der Waals surface area contributed by atoms with Gasteiger partial charge in [-0.25, -0.2) is 8.42 Å². The summed E-state index contributed by atoms with van der Waals surface area (Å²) in [5.41, 5.74) is 1.92. The van der Waals surface area contributed by atoms with Gasteiger partial charge in [0.05, 0.1) is 10.6 Å². The lowest BCUT2D eigenvalue weighted by atomic mass is 10.1. The number of anilines is 2. The first-order valence-corrected chi connectivity index (χ1v) is 10.8. The molecule has 0 aliphatic carbocycles. The van der Waals surface area contributed by atoms with Crippen molar-refractivity contribution in [3.63, 3.8) is 0 Å². The Labute approximate surface area is 178 Å². The lowest BCUT2D eigenvalue weighted by Crippen LogP contribution is -2.15. The predicted octanol–water partition coefficient (Wildman–Crippen LogP) is 4.43. The van der Waals surface area contributed by atoms with E-state index in [9.17, 15) is 13.2 Å². The van der Waals surface area contributed by atoms with E-state index in [0.717, 1.165) is 0 Å². The highest BCUT2D eigenvalue weighted by atomic mass is 35.5. The van der Waals surface area contributed by atoms with Crippen molar-refractivity contribution in [1.29, 1.82) is 0 Å². The Bertz CT molecular complexity index is 1230. The zero-order valence-corrected chi connectivity index (χ0v) is 17.4. The van der Waals surface area contributed by atoms with Gasteiger partial charge in [-0.3, -0.25) is 9.52 Å². The number of sulfonamides is 1. The van der Waals surface area contributed by atoms with Crippen LogP contribution in [0.2, 0.25) is 5.02 Å². The van der Waals surface area contributed by atoms with Crippen molar-refractivity contribution in [3.8, 4) is 11.5 Å². The Morgan fingerprint density at radius 2 is 1.70 bits per heavy atom. The molecule has 1 aliphatic heterocycles. The summed E-state index contributed by atoms with van der Waals surface area (Å²) in [6.07, 6.45) is 0. The molecule has 0 atom stereocenters. The van der Waals surface area contributed by atoms with Gasteiger partial charge in [0.2, 0.25) is 6.79 Å². The van der Waals surface area contributed by atoms with Crippen LogP contribution in [-0.2, 0) is 10.0 Å². The number of rotatable bonds is 5. The fraction of sp³-hybridized carbons (Fsp3) is 0.0952. The third-order valence-corrected chi connectivity index (χ3v) is 6.12. The molecule has 1 aliphatic rings. The van der Waals surface area contributed by atoms with Gasteiger partial charge in [0, 0.05) is 22.3 Å². The van der Waals surface area contributed by atoms with E-state index in [1.165, 1.54) is 12.1 Å². The van der Waals surface area contributed by atoms with Crippen molar-refractivity contribution >= 4 is 38.9 Å². The van der Waals surface area contributed by atoms with Crippen LogP contribution in [0.5, 0.6) is 11.5 Å². The van der Waals surface area contributed by atoms with Crippen LogP contribution in [0.3, 0.4) is 0 Å². The van der Waals surface area contributed by atoms with Gasteiger partial charge in [0.1, 0.15) is 0 Å². The number of hydrogen-bond donors (Lipinski definition) is 2. The second kappa shape index (κ2) is 7.89. The first-order valence-electron chi connectivity index (χ1n) is 8.92. The maximum absolute atomic E-state index is 12.8. The molecule has 0 bridgehead atoms. The number of fused-ring (bicyclic) bond motifs is 1. The molecule has 2 N–H and O–H groups in total. The minimum absolute atomic E-state index is 0.0714. The maximum atomic E-state index is 12.8. The Morgan fingerprint density at radius 1 is 0.967 bits per heavy atom. The molecule has 0 aromatic heterocycles. The minimum Gasteiger partial charge on any atom is -0.454 e. The summed E-state index contributed by atoms with van der Waals surface area (Å²) >= 11 is 5.84. The van der Waals surface area contributed by atoms with Crippen LogP contribution in [0.25, 0.3) is 0 Å². The van der Waals surface area contributed by atoms with Crippen LogP contribution in [0.15, 0.2) is 65.6 Å². The molecule has 0 spiro atoms. The molecule has 0 radical (unpaired) electrons. The SMILES string of the molecule is Cc1cc(S(=O)(=O)Nc2ccc3c(c2)OCO3)ccc1NC(=O)c1ccc(Cl)cc1. The number of nitrogens with one attached hydrogen (secondary N) is 2. The van der Waals surface area contributed by atoms with Crippen LogP contribution < -0.4 is 19.5 Å². The quantitative estimate of drug-likeness (QED) is 0.607. The van der Waals surface area contributed by atoms with Crippen molar-refractivity contribution in [3.05, 3.63) is 76.8 Å². The third-order valence-electron chi connectivity index (χ3n) is 4.49. The first kappa shape index (κ1) is 20.1. The fourth-order valence-electron chi connectivity index (χ4n) is 2.91. The first-order chi connectivity index (χ1) is 14.3. The predicted molar refractivity (Wildman–Crippen MR) is 114 cm³/mol. The molecule has 3 aromatic rings. The molecule has 0 saturated carbocycles. The summed E-state index contributed by atoms with van der Waals surface area (Å²) in [6, 6.07) is 15.8. The number of amides is 1. The molecule has 9 heteroatoms. The van der Waals surface area contributed by atoms with Crippen LogP contribution >= 0.6 is 11.6 Å². The number of aryl methyl sites for hydroxylation is 1. The topological polar surface area (TPSA) is 93.7 Å². The van der Waals surface area contributed by atoms with Crippen molar-refractivity contribution in [2.24, 2.45) is 0 Å². The Kier molecular flexibility index (Phi) is 5.27. The summed E-state index contributed by atoms with van der Waals surface area (Å²) in [6.45, 7) is 1.82. The average Bonchev–Trinajstić information content (AvgIpc) is 3.17. The number of halogens is 1. The van der Waals surface area contributed by atoms with Gasteiger partial charge < -0.3 is 14.8 Å². The second-order valence-corrected chi connectivity index (χ2v) is 8.73. The molecule has 154 valence electrons. The minimum atomic E-state index is -3.83. The van der Waals surface area contributed by atoms with Gasteiger partial charge >= 0.3 is 0 Å². The van der Waals surface area contributed by atoms with Crippen LogP contribution in [0, 0.1) is 6.92 Å². The zero-order chi connectivity index (χ0) is 21.3. The van der Waals surface area contributed by atoms with Gasteiger partial charge in [-0.15, -0.1) is 0 Å². The summed E-state index contributed by atoms with van der Waals surface area (Å²) in [5, 5.41) is 3.31. The van der Waals surface area contributed by atoms with Crippen LogP contribution in [0.1, 0.15) is 15.9 Å². The highest BCUT2D eigenvalue weighted by Gasteiger charge is 2.19. The highest BCUT2D eigenvalue weighted by molar-refractivity contribution is 7.92. The zero-order valence-electron chi connectivity index (χ0n) is 15.8. The number of carbonyl (C=O) groups excluding carboxylic acids is 1. The summed E-state index contributed by atoms with van der Waals surface area (Å²) < 4.78 is 38.5. The molecule has 0 fully saturated rings. The largest absolute Gasteiger partial charge is 0.454 e. The van der Waals surface area contributed by atoms with E-state index in [1.54, 1.807) is 55.5 Å². The van der Waals surface area contributed by atoms with E-state index in [0.29, 0.717) is 39.0 Å². The maximum Gasteiger partial charge on any atom is 0.261 e. The summed E-state index contributed by atoms with van der Waals surface area (Å²) in [5.74, 6) is 0.727. The number of benzene rings is 3. The molecule has 30 heavy (non-hydrogen) atoms. The van der Waals surface area contributed by atoms with E-state index in [4.69, 9.17) is 21.1 Å². The molecule has 3 aromatic carbocycles. The van der Waals surface area contributed by atoms with Crippen molar-refractivity contribution < 1.29 is 22.7 Å². The summed E-state index contributed by atoms with van der Waals surface area (Å²) in [4.78, 5) is 12.5. The Morgan fingerprint density at radius 3 is 2.43 bits per heavy atom. The van der Waals surface area contributed by atoms with Gasteiger partial charge in [-0.05, 0) is 67.1 Å². The van der Waals surface area contributed by atoms with E-state index in [1.807, 2.05) is 0 Å². The van der Waals surface area contributed by atoms with Gasteiger partial charge in [-0.2, -0.15) is 0 Å². The number of carbonyl (C=O) groups is 1. The second-order valence-electron chi connectivity index (χ2n) is 6.61. The fourth-order valence-corrected chi connectivity index (χ4v) is 4.17. The molecular formula is C21H17ClN2O5S. The molecule has 1 amide bonds. The van der Waals surface area contributed by atoms with Gasteiger partial charge in [-0.1, -0.05) is 11.6 Å². The highest BCUT2D eigenvalue weighted by Crippen LogP contribution is 2.35. The van der Waals surface area contributed by atoms with Crippen molar-refractivity contribution in [2.75, 3.05) is 16.8 Å². The average molecular weight is 445 g/mol. The monoisotopic (exact) mass is 444 g/mol. The van der Waals surface area contributed by atoms with E-state index >= 15 is 0 Å². The van der Waals surface area contributed by atoms with Gasteiger partial charge in [0.25, 0.3) is 15.9 Å². The Balaban J connectivity index is 1.51. The van der Waals surface area contributed by atoms with E-state index < -0.39 is 10.0 Å². The van der Waals surface area contributed by atoms with Crippen LogP contribution in [0.4, 0.5) is 11.4 Å². The number of ether oxygens (including phenoxy) is 2. The van der Waals surface area contributed by atoms with Crippen LogP contribution in [-0.4, -0.2) is 21.1 Å². The third kappa shape index (κ3) is 4.19. The smallest absolute Gasteiger partial charge is 0.261 e. The van der Waals surface area contributed by atoms with Crippen molar-refractivity contribution in [2.45, 2.75) is 11.8 Å². The Hall–Kier alpha value is -3.23. The van der Waals surface area contributed by atoms with Gasteiger partial charge in [0.15, 0.2) is 11.5 Å². The van der Waals surface area contributed by atoms with E-state index in [-0.39, 0.29) is 17.6 Å². The number of hydrogen-bond acceptors (Lipinski definition) is 5. The molecule has 0 saturated heterocycles. The molecule has 0 unspecified atom stereocenters. The molecule has 1 heterocycles. The summed E-state index contributed by atoms with van der Waals surface area (Å²) in [7, 11) is -3.83. The molecular weight excluding hydrogens is 428 g/mol.